The standard InChI is InChI=1S/C20H30N6O4S3/c1-21-11-15-3-5-17(29-15)13-31-9-7-23-19-20(26-33(27,28)25-19)24-8-10-32-14-18-6-4-16(30-18)12-22-2/h3-6,21-22H,7-14H2,1-2H3,(H,23,25)(H,24,26). The average Bonchev–Trinajstić information content (AvgIpc) is 3.48. The lowest BCUT2D eigenvalue weighted by atomic mass is 10.4. The lowest BCUT2D eigenvalue weighted by Crippen LogP contribution is -2.24. The number of thioether (sulfide) groups is 2. The molecule has 0 radical (unpaired) electrons. The molecule has 0 aromatic carbocycles. The summed E-state index contributed by atoms with van der Waals surface area (Å²) in [5.41, 5.74) is 0. The van der Waals surface area contributed by atoms with E-state index < -0.39 is 10.2 Å². The quantitative estimate of drug-likeness (QED) is 0.280. The fourth-order valence-corrected chi connectivity index (χ4v) is 5.24. The van der Waals surface area contributed by atoms with Crippen LogP contribution < -0.4 is 20.1 Å². The van der Waals surface area contributed by atoms with Crippen LogP contribution in [0.5, 0.6) is 0 Å². The Labute approximate surface area is 203 Å². The highest BCUT2D eigenvalue weighted by atomic mass is 32.2. The Morgan fingerprint density at radius 2 is 1.21 bits per heavy atom. The molecule has 10 nitrogen and oxygen atoms in total. The van der Waals surface area contributed by atoms with Gasteiger partial charge in [-0.3, -0.25) is 9.98 Å². The number of furan rings is 2. The molecule has 33 heavy (non-hydrogen) atoms. The molecule has 0 bridgehead atoms. The number of hydrogen-bond acceptors (Lipinski definition) is 10. The molecule has 2 aromatic rings. The normalized spacial score (nSPS) is 17.5. The van der Waals surface area contributed by atoms with Crippen LogP contribution in [0.15, 0.2) is 43.1 Å². The summed E-state index contributed by atoms with van der Waals surface area (Å²) in [6.07, 6.45) is 0. The minimum Gasteiger partial charge on any atom is -0.464 e. The van der Waals surface area contributed by atoms with Gasteiger partial charge >= 0.3 is 10.2 Å². The third kappa shape index (κ3) is 8.74. The van der Waals surface area contributed by atoms with E-state index in [0.717, 1.165) is 46.1 Å². The van der Waals surface area contributed by atoms with Crippen molar-refractivity contribution in [2.75, 3.05) is 38.7 Å². The first kappa shape index (κ1) is 25.7. The molecule has 4 N–H and O–H groups in total. The Kier molecular flexibility index (Phi) is 10.2. The van der Waals surface area contributed by atoms with Crippen LogP contribution in [0.3, 0.4) is 0 Å². The number of nitrogens with one attached hydrogen (secondary N) is 4. The Bertz CT molecular complexity index is 972. The van der Waals surface area contributed by atoms with Crippen molar-refractivity contribution in [1.29, 1.82) is 0 Å². The maximum Gasteiger partial charge on any atom is 0.324 e. The van der Waals surface area contributed by atoms with Crippen molar-refractivity contribution >= 4 is 45.4 Å². The number of aliphatic imine (C=N–C) groups is 2. The van der Waals surface area contributed by atoms with Crippen LogP contribution >= 0.6 is 23.5 Å². The minimum absolute atomic E-state index is 0.262. The molecule has 3 rings (SSSR count). The predicted octanol–water partition coefficient (Wildman–Crippen LogP) is 1.71. The highest BCUT2D eigenvalue weighted by Crippen LogP contribution is 2.16. The van der Waals surface area contributed by atoms with Crippen molar-refractivity contribution < 1.29 is 17.3 Å². The molecule has 1 aliphatic rings. The van der Waals surface area contributed by atoms with Crippen LogP contribution in [0, 0.1) is 0 Å². The second kappa shape index (κ2) is 13.1. The van der Waals surface area contributed by atoms with Gasteiger partial charge in [0.2, 0.25) is 0 Å². The van der Waals surface area contributed by atoms with Gasteiger partial charge < -0.3 is 19.5 Å². The van der Waals surface area contributed by atoms with E-state index in [2.05, 4.69) is 30.1 Å². The molecular formula is C20H30N6O4S3. The van der Waals surface area contributed by atoms with Gasteiger partial charge in [0.05, 0.1) is 37.7 Å². The van der Waals surface area contributed by atoms with Gasteiger partial charge in [-0.15, -0.1) is 0 Å². The highest BCUT2D eigenvalue weighted by Gasteiger charge is 2.27. The first-order chi connectivity index (χ1) is 16.0. The van der Waals surface area contributed by atoms with Crippen molar-refractivity contribution in [2.45, 2.75) is 24.6 Å². The zero-order valence-corrected chi connectivity index (χ0v) is 21.2. The van der Waals surface area contributed by atoms with E-state index in [1.807, 2.05) is 38.4 Å². The first-order valence-electron chi connectivity index (χ1n) is 10.5. The summed E-state index contributed by atoms with van der Waals surface area (Å²) in [4.78, 5) is 8.75. The van der Waals surface area contributed by atoms with Gasteiger partial charge in [-0.25, -0.2) is 9.44 Å². The number of rotatable bonds is 14. The number of nitrogens with zero attached hydrogens (tertiary/aromatic N) is 2. The van der Waals surface area contributed by atoms with Gasteiger partial charge in [-0.1, -0.05) is 0 Å². The van der Waals surface area contributed by atoms with Crippen molar-refractivity contribution in [3.8, 4) is 0 Å². The smallest absolute Gasteiger partial charge is 0.324 e. The summed E-state index contributed by atoms with van der Waals surface area (Å²) in [7, 11) is 0.112. The Morgan fingerprint density at radius 1 is 0.788 bits per heavy atom. The average molecular weight is 515 g/mol. The molecule has 0 aliphatic carbocycles. The van der Waals surface area contributed by atoms with Crippen LogP contribution in [0.25, 0.3) is 0 Å². The fourth-order valence-electron chi connectivity index (χ4n) is 2.92. The Hall–Kier alpha value is -1.93. The van der Waals surface area contributed by atoms with Gasteiger partial charge in [-0.05, 0) is 38.4 Å². The summed E-state index contributed by atoms with van der Waals surface area (Å²) in [6.45, 7) is 2.34. The Morgan fingerprint density at radius 3 is 1.64 bits per heavy atom. The van der Waals surface area contributed by atoms with E-state index in [1.165, 1.54) is 0 Å². The molecule has 0 atom stereocenters. The Balaban J connectivity index is 1.40. The zero-order valence-electron chi connectivity index (χ0n) is 18.7. The molecular weight excluding hydrogens is 484 g/mol. The molecule has 0 saturated carbocycles. The maximum absolute atomic E-state index is 11.9. The lowest BCUT2D eigenvalue weighted by molar-refractivity contribution is 0.468. The molecule has 3 heterocycles. The second-order valence-corrected chi connectivity index (χ2v) is 10.7. The topological polar surface area (TPSA) is 133 Å². The maximum atomic E-state index is 11.9. The molecule has 1 saturated heterocycles. The van der Waals surface area contributed by atoms with E-state index in [9.17, 15) is 8.42 Å². The van der Waals surface area contributed by atoms with Gasteiger partial charge in [0, 0.05) is 11.5 Å². The molecule has 0 amide bonds. The van der Waals surface area contributed by atoms with E-state index in [1.54, 1.807) is 23.5 Å². The van der Waals surface area contributed by atoms with Crippen molar-refractivity contribution in [3.63, 3.8) is 0 Å². The zero-order chi connectivity index (χ0) is 23.5. The summed E-state index contributed by atoms with van der Waals surface area (Å²) in [5.74, 6) is 7.09. The predicted molar refractivity (Wildman–Crippen MR) is 135 cm³/mol. The van der Waals surface area contributed by atoms with Crippen LogP contribution in [0.2, 0.25) is 0 Å². The first-order valence-corrected chi connectivity index (χ1v) is 14.3. The van der Waals surface area contributed by atoms with Crippen LogP contribution in [0.4, 0.5) is 0 Å². The van der Waals surface area contributed by atoms with E-state index in [-0.39, 0.29) is 11.7 Å². The molecule has 0 spiro atoms. The van der Waals surface area contributed by atoms with Gasteiger partial charge in [0.15, 0.2) is 11.7 Å². The SMILES string of the molecule is CNCc1ccc(CSCCN=C2NS(=O)(=O)NC2=NCCSCc2ccc(CNC)o2)o1. The second-order valence-electron chi connectivity index (χ2n) is 7.07. The molecule has 13 heteroatoms. The summed E-state index contributed by atoms with van der Waals surface area (Å²) >= 11 is 3.35. The van der Waals surface area contributed by atoms with E-state index >= 15 is 0 Å². The lowest BCUT2D eigenvalue weighted by Gasteiger charge is -2.00. The van der Waals surface area contributed by atoms with Crippen molar-refractivity contribution in [2.24, 2.45) is 9.98 Å². The van der Waals surface area contributed by atoms with Gasteiger partial charge in [0.25, 0.3) is 0 Å². The van der Waals surface area contributed by atoms with Crippen molar-refractivity contribution in [3.05, 3.63) is 47.3 Å². The molecule has 182 valence electrons. The van der Waals surface area contributed by atoms with Crippen LogP contribution in [0.1, 0.15) is 23.0 Å². The van der Waals surface area contributed by atoms with Gasteiger partial charge in [-0.2, -0.15) is 31.9 Å². The molecule has 1 aliphatic heterocycles. The summed E-state index contributed by atoms with van der Waals surface area (Å²) in [5, 5.41) is 6.10. The van der Waals surface area contributed by atoms with E-state index in [4.69, 9.17) is 8.83 Å². The minimum atomic E-state index is -3.64. The third-order valence-electron chi connectivity index (χ3n) is 4.32. The molecule has 1 fully saturated rings. The summed E-state index contributed by atoms with van der Waals surface area (Å²) < 4.78 is 40.0. The monoisotopic (exact) mass is 514 g/mol. The molecule has 2 aromatic heterocycles. The number of amidine groups is 2. The molecule has 0 unspecified atom stereocenters. The third-order valence-corrected chi connectivity index (χ3v) is 7.17. The largest absolute Gasteiger partial charge is 0.464 e. The number of hydrogen-bond donors (Lipinski definition) is 4. The van der Waals surface area contributed by atoms with E-state index in [0.29, 0.717) is 26.2 Å². The fraction of sp³-hybridized carbons (Fsp3) is 0.500. The van der Waals surface area contributed by atoms with Crippen LogP contribution in [-0.2, 0) is 34.8 Å². The summed E-state index contributed by atoms with van der Waals surface area (Å²) in [6, 6.07) is 7.86. The highest BCUT2D eigenvalue weighted by molar-refractivity contribution is 7.98. The van der Waals surface area contributed by atoms with Gasteiger partial charge in [0.1, 0.15) is 23.0 Å². The van der Waals surface area contributed by atoms with Crippen LogP contribution in [-0.4, -0.2) is 58.8 Å². The van der Waals surface area contributed by atoms with Crippen molar-refractivity contribution in [1.82, 2.24) is 20.1 Å².